The Hall–Kier alpha value is -1.62. The molecule has 2 heterocycles. The van der Waals surface area contributed by atoms with Crippen molar-refractivity contribution in [2.45, 2.75) is 38.6 Å². The molecule has 0 bridgehead atoms. The van der Waals surface area contributed by atoms with Crippen LogP contribution in [0.4, 0.5) is 0 Å². The van der Waals surface area contributed by atoms with Crippen LogP contribution < -0.4 is 5.56 Å². The van der Waals surface area contributed by atoms with Crippen molar-refractivity contribution in [3.63, 3.8) is 0 Å². The van der Waals surface area contributed by atoms with Crippen molar-refractivity contribution >= 4 is 5.91 Å². The molecule has 0 aromatic carbocycles. The molecule has 1 aromatic rings. The molecular formula is C17H24N2O3. The van der Waals surface area contributed by atoms with Crippen LogP contribution in [0.25, 0.3) is 0 Å². The van der Waals surface area contributed by atoms with Crippen LogP contribution in [0.15, 0.2) is 16.9 Å². The van der Waals surface area contributed by atoms with Gasteiger partial charge in [0.05, 0.1) is 6.61 Å². The number of ether oxygens (including phenoxy) is 1. The zero-order valence-corrected chi connectivity index (χ0v) is 13.2. The van der Waals surface area contributed by atoms with Gasteiger partial charge in [-0.25, -0.2) is 0 Å². The maximum absolute atomic E-state index is 12.3. The molecule has 3 rings (SSSR count). The van der Waals surface area contributed by atoms with Gasteiger partial charge in [0.25, 0.3) is 5.56 Å². The van der Waals surface area contributed by atoms with Gasteiger partial charge in [-0.1, -0.05) is 6.07 Å². The molecule has 0 N–H and O–H groups in total. The highest BCUT2D eigenvalue weighted by Crippen LogP contribution is 2.33. The average Bonchev–Trinajstić information content (AvgIpc) is 3.32. The second-order valence-electron chi connectivity index (χ2n) is 6.32. The standard InChI is InChI=1S/C17H24N2O3/c1-22-11-10-19-15-7-9-18(17(21)12-13-2-3-13)8-6-14(15)4-5-16(19)20/h4-5,13H,2-3,6-12H2,1H3. The van der Waals surface area contributed by atoms with E-state index in [0.29, 0.717) is 25.5 Å². The fraction of sp³-hybridized carbons (Fsp3) is 0.647. The van der Waals surface area contributed by atoms with Crippen LogP contribution in [-0.2, 0) is 28.9 Å². The predicted octanol–water partition coefficient (Wildman–Crippen LogP) is 1.22. The lowest BCUT2D eigenvalue weighted by Crippen LogP contribution is -2.33. The third-order valence-corrected chi connectivity index (χ3v) is 4.69. The minimum atomic E-state index is 0.0218. The van der Waals surface area contributed by atoms with Crippen LogP contribution in [0.3, 0.4) is 0 Å². The van der Waals surface area contributed by atoms with Crippen LogP contribution >= 0.6 is 0 Å². The Morgan fingerprint density at radius 2 is 2.05 bits per heavy atom. The minimum Gasteiger partial charge on any atom is -0.383 e. The number of rotatable bonds is 5. The van der Waals surface area contributed by atoms with Crippen LogP contribution in [0.1, 0.15) is 30.5 Å². The number of methoxy groups -OCH3 is 1. The van der Waals surface area contributed by atoms with Crippen molar-refractivity contribution in [2.75, 3.05) is 26.8 Å². The van der Waals surface area contributed by atoms with Crippen molar-refractivity contribution in [1.82, 2.24) is 9.47 Å². The first-order valence-electron chi connectivity index (χ1n) is 8.17. The number of amides is 1. The van der Waals surface area contributed by atoms with Crippen LogP contribution in [0, 0.1) is 5.92 Å². The molecule has 1 aliphatic carbocycles. The van der Waals surface area contributed by atoms with E-state index in [1.165, 1.54) is 18.4 Å². The number of nitrogens with zero attached hydrogens (tertiary/aromatic N) is 2. The summed E-state index contributed by atoms with van der Waals surface area (Å²) in [5.74, 6) is 0.902. The van der Waals surface area contributed by atoms with Gasteiger partial charge in [-0.3, -0.25) is 9.59 Å². The zero-order chi connectivity index (χ0) is 15.5. The van der Waals surface area contributed by atoms with Gasteiger partial charge >= 0.3 is 0 Å². The van der Waals surface area contributed by atoms with Crippen molar-refractivity contribution in [2.24, 2.45) is 5.92 Å². The van der Waals surface area contributed by atoms with E-state index >= 15 is 0 Å². The van der Waals surface area contributed by atoms with E-state index in [1.54, 1.807) is 13.2 Å². The first kappa shape index (κ1) is 15.3. The van der Waals surface area contributed by atoms with Gasteiger partial charge in [0.15, 0.2) is 0 Å². The first-order valence-corrected chi connectivity index (χ1v) is 8.17. The first-order chi connectivity index (χ1) is 10.7. The molecule has 1 amide bonds. The number of aromatic nitrogens is 1. The number of carbonyl (C=O) groups is 1. The molecular weight excluding hydrogens is 280 g/mol. The number of hydrogen-bond donors (Lipinski definition) is 0. The molecule has 0 radical (unpaired) electrons. The molecule has 120 valence electrons. The molecule has 0 spiro atoms. The van der Waals surface area contributed by atoms with Gasteiger partial charge in [0.2, 0.25) is 5.91 Å². The Morgan fingerprint density at radius 1 is 1.27 bits per heavy atom. The van der Waals surface area contributed by atoms with Gasteiger partial charge in [0, 0.05) is 51.3 Å². The summed E-state index contributed by atoms with van der Waals surface area (Å²) in [5, 5.41) is 0. The molecule has 5 heteroatoms. The molecule has 1 aromatic heterocycles. The van der Waals surface area contributed by atoms with E-state index in [2.05, 4.69) is 0 Å². The van der Waals surface area contributed by atoms with Gasteiger partial charge in [0.1, 0.15) is 0 Å². The summed E-state index contributed by atoms with van der Waals surface area (Å²) >= 11 is 0. The second-order valence-corrected chi connectivity index (χ2v) is 6.32. The van der Waals surface area contributed by atoms with Gasteiger partial charge in [-0.05, 0) is 30.7 Å². The number of fused-ring (bicyclic) bond motifs is 1. The molecule has 2 aliphatic rings. The fourth-order valence-electron chi connectivity index (χ4n) is 3.17. The van der Waals surface area contributed by atoms with Crippen molar-refractivity contribution in [3.8, 4) is 0 Å². The summed E-state index contributed by atoms with van der Waals surface area (Å²) in [6, 6.07) is 3.56. The monoisotopic (exact) mass is 304 g/mol. The molecule has 5 nitrogen and oxygen atoms in total. The quantitative estimate of drug-likeness (QED) is 0.822. The lowest BCUT2D eigenvalue weighted by atomic mass is 10.1. The highest BCUT2D eigenvalue weighted by Gasteiger charge is 2.28. The van der Waals surface area contributed by atoms with E-state index in [1.807, 2.05) is 15.5 Å². The summed E-state index contributed by atoms with van der Waals surface area (Å²) in [4.78, 5) is 26.4. The Balaban J connectivity index is 1.75. The second kappa shape index (κ2) is 6.65. The lowest BCUT2D eigenvalue weighted by molar-refractivity contribution is -0.131. The van der Waals surface area contributed by atoms with Gasteiger partial charge in [-0.2, -0.15) is 0 Å². The average molecular weight is 304 g/mol. The third kappa shape index (κ3) is 3.40. The van der Waals surface area contributed by atoms with Crippen LogP contribution in [-0.4, -0.2) is 42.2 Å². The molecule has 1 saturated carbocycles. The highest BCUT2D eigenvalue weighted by atomic mass is 16.5. The van der Waals surface area contributed by atoms with Crippen molar-refractivity contribution in [1.29, 1.82) is 0 Å². The molecule has 22 heavy (non-hydrogen) atoms. The number of hydrogen-bond acceptors (Lipinski definition) is 3. The number of pyridine rings is 1. The Kier molecular flexibility index (Phi) is 4.62. The van der Waals surface area contributed by atoms with E-state index in [4.69, 9.17) is 4.74 Å². The maximum Gasteiger partial charge on any atom is 0.250 e. The molecule has 0 atom stereocenters. The van der Waals surface area contributed by atoms with Crippen molar-refractivity contribution in [3.05, 3.63) is 33.7 Å². The van der Waals surface area contributed by atoms with E-state index in [-0.39, 0.29) is 11.5 Å². The normalized spacial score (nSPS) is 18.0. The summed E-state index contributed by atoms with van der Waals surface area (Å²) in [6.45, 7) is 2.59. The van der Waals surface area contributed by atoms with Crippen LogP contribution in [0.2, 0.25) is 0 Å². The fourth-order valence-corrected chi connectivity index (χ4v) is 3.17. The Labute approximate surface area is 130 Å². The summed E-state index contributed by atoms with van der Waals surface area (Å²) in [7, 11) is 1.64. The molecule has 0 unspecified atom stereocenters. The van der Waals surface area contributed by atoms with E-state index in [0.717, 1.165) is 31.6 Å². The van der Waals surface area contributed by atoms with Crippen molar-refractivity contribution < 1.29 is 9.53 Å². The maximum atomic E-state index is 12.3. The van der Waals surface area contributed by atoms with Crippen LogP contribution in [0.5, 0.6) is 0 Å². The SMILES string of the molecule is COCCn1c2c(ccc1=O)CCN(C(=O)CC1CC1)CC2. The molecule has 1 aliphatic heterocycles. The van der Waals surface area contributed by atoms with Gasteiger partial charge in [-0.15, -0.1) is 0 Å². The molecule has 0 saturated heterocycles. The topological polar surface area (TPSA) is 51.5 Å². The summed E-state index contributed by atoms with van der Waals surface area (Å²) < 4.78 is 6.92. The van der Waals surface area contributed by atoms with Gasteiger partial charge < -0.3 is 14.2 Å². The summed E-state index contributed by atoms with van der Waals surface area (Å²) in [5.41, 5.74) is 2.29. The largest absolute Gasteiger partial charge is 0.383 e. The third-order valence-electron chi connectivity index (χ3n) is 4.69. The zero-order valence-electron chi connectivity index (χ0n) is 13.2. The highest BCUT2D eigenvalue weighted by molar-refractivity contribution is 5.76. The predicted molar refractivity (Wildman–Crippen MR) is 83.9 cm³/mol. The number of carbonyl (C=O) groups excluding carboxylic acids is 1. The van der Waals surface area contributed by atoms with E-state index in [9.17, 15) is 9.59 Å². The Morgan fingerprint density at radius 3 is 2.77 bits per heavy atom. The lowest BCUT2D eigenvalue weighted by Gasteiger charge is -2.20. The molecule has 1 fully saturated rings. The smallest absolute Gasteiger partial charge is 0.250 e. The Bertz CT molecular complexity index is 604. The van der Waals surface area contributed by atoms with E-state index < -0.39 is 0 Å². The minimum absolute atomic E-state index is 0.0218. The summed E-state index contributed by atoms with van der Waals surface area (Å²) in [6.07, 6.45) is 4.70.